The van der Waals surface area contributed by atoms with Crippen molar-refractivity contribution in [3.8, 4) is 11.6 Å². The summed E-state index contributed by atoms with van der Waals surface area (Å²) in [6.07, 6.45) is 7.83. The largest absolute Gasteiger partial charge is 0.512 e. The van der Waals surface area contributed by atoms with Crippen molar-refractivity contribution in [2.45, 2.75) is 51.9 Å². The van der Waals surface area contributed by atoms with Gasteiger partial charge in [0.2, 0.25) is 5.88 Å². The number of Topliss-reactive ketones (excluding diaryl/α,β-unsaturated/α-hetero) is 1. The average Bonchev–Trinajstić information content (AvgIpc) is 2.89. The lowest BCUT2D eigenvalue weighted by molar-refractivity contribution is -0.114. The number of aliphatic hydroxyl groups excluding tert-OH is 1. The number of fused-ring (bicyclic) bond motifs is 6. The smallest absolute Gasteiger partial charge is 0.238 e. The second-order valence-corrected chi connectivity index (χ2v) is 9.01. The normalized spacial score (nSPS) is 21.3. The summed E-state index contributed by atoms with van der Waals surface area (Å²) < 4.78 is 6.03. The van der Waals surface area contributed by atoms with E-state index in [9.17, 15) is 9.90 Å². The molecule has 0 spiro atoms. The second-order valence-electron chi connectivity index (χ2n) is 9.01. The summed E-state index contributed by atoms with van der Waals surface area (Å²) >= 11 is 0. The molecule has 164 valence electrons. The molecule has 6 rings (SSSR count). The summed E-state index contributed by atoms with van der Waals surface area (Å²) in [5.74, 6) is 2.16. The molecule has 0 unspecified atom stereocenters. The SMILES string of the molecule is CCc1ccc(Oc2cnc3ccccc3n2)cc1C1=C(O)CC2CCC(CC2)CC1=O. The first-order valence-electron chi connectivity index (χ1n) is 11.6. The van der Waals surface area contributed by atoms with Crippen LogP contribution in [0, 0.1) is 11.8 Å². The van der Waals surface area contributed by atoms with Gasteiger partial charge in [-0.2, -0.15) is 0 Å². The summed E-state index contributed by atoms with van der Waals surface area (Å²) in [5.41, 5.74) is 3.86. The third-order valence-corrected chi connectivity index (χ3v) is 6.87. The van der Waals surface area contributed by atoms with Gasteiger partial charge in [0.15, 0.2) is 5.78 Å². The van der Waals surface area contributed by atoms with Gasteiger partial charge in [0, 0.05) is 12.8 Å². The molecular formula is C27H28N2O3. The van der Waals surface area contributed by atoms with E-state index >= 15 is 0 Å². The van der Waals surface area contributed by atoms with E-state index in [-0.39, 0.29) is 11.5 Å². The third-order valence-electron chi connectivity index (χ3n) is 6.87. The Labute approximate surface area is 188 Å². The number of ketones is 1. The molecule has 2 bridgehead atoms. The molecule has 5 nitrogen and oxygen atoms in total. The van der Waals surface area contributed by atoms with Crippen LogP contribution in [-0.2, 0) is 11.2 Å². The van der Waals surface area contributed by atoms with Crippen molar-refractivity contribution in [2.24, 2.45) is 11.8 Å². The number of benzene rings is 2. The Bertz CT molecular complexity index is 1190. The Morgan fingerprint density at radius 1 is 1.00 bits per heavy atom. The van der Waals surface area contributed by atoms with Crippen molar-refractivity contribution in [2.75, 3.05) is 0 Å². The molecule has 1 N–H and O–H groups in total. The molecule has 0 aliphatic heterocycles. The lowest BCUT2D eigenvalue weighted by Crippen LogP contribution is -2.15. The molecule has 5 heteroatoms. The first kappa shape index (κ1) is 20.7. The quantitative estimate of drug-likeness (QED) is 0.519. The monoisotopic (exact) mass is 428 g/mol. The molecule has 0 atom stereocenters. The van der Waals surface area contributed by atoms with Gasteiger partial charge in [0.05, 0.1) is 22.8 Å². The van der Waals surface area contributed by atoms with E-state index in [1.54, 1.807) is 6.20 Å². The van der Waals surface area contributed by atoms with Crippen molar-refractivity contribution in [1.29, 1.82) is 0 Å². The lowest BCUT2D eigenvalue weighted by Gasteiger charge is -2.26. The lowest BCUT2D eigenvalue weighted by atomic mass is 9.79. The molecule has 0 amide bonds. The van der Waals surface area contributed by atoms with Crippen LogP contribution in [0.25, 0.3) is 16.6 Å². The maximum atomic E-state index is 13.3. The van der Waals surface area contributed by atoms with Crippen LogP contribution in [0.4, 0.5) is 0 Å². The topological polar surface area (TPSA) is 72.3 Å². The highest BCUT2D eigenvalue weighted by atomic mass is 16.5. The fourth-order valence-corrected chi connectivity index (χ4v) is 5.12. The van der Waals surface area contributed by atoms with Crippen LogP contribution in [0.5, 0.6) is 11.6 Å². The molecule has 3 aromatic rings. The van der Waals surface area contributed by atoms with Gasteiger partial charge in [0.25, 0.3) is 0 Å². The van der Waals surface area contributed by atoms with E-state index in [2.05, 4.69) is 16.9 Å². The number of aromatic nitrogens is 2. The molecule has 1 aromatic heterocycles. The fraction of sp³-hybridized carbons (Fsp3) is 0.370. The van der Waals surface area contributed by atoms with Gasteiger partial charge in [-0.15, -0.1) is 0 Å². The number of hydrogen-bond acceptors (Lipinski definition) is 5. The maximum absolute atomic E-state index is 13.3. The zero-order chi connectivity index (χ0) is 22.1. The average molecular weight is 429 g/mol. The summed E-state index contributed by atoms with van der Waals surface area (Å²) in [6.45, 7) is 2.06. The second kappa shape index (κ2) is 8.73. The highest BCUT2D eigenvalue weighted by Crippen LogP contribution is 2.40. The number of para-hydroxylation sites is 2. The number of aliphatic hydroxyl groups is 1. The number of hydrogen-bond donors (Lipinski definition) is 1. The Morgan fingerprint density at radius 3 is 2.47 bits per heavy atom. The Hall–Kier alpha value is -3.21. The molecule has 0 saturated heterocycles. The van der Waals surface area contributed by atoms with Crippen LogP contribution < -0.4 is 4.74 Å². The minimum Gasteiger partial charge on any atom is -0.512 e. The van der Waals surface area contributed by atoms with E-state index in [0.717, 1.165) is 54.3 Å². The number of ether oxygens (including phenoxy) is 1. The summed E-state index contributed by atoms with van der Waals surface area (Å²) in [7, 11) is 0. The molecule has 32 heavy (non-hydrogen) atoms. The Kier molecular flexibility index (Phi) is 5.64. The Balaban J connectivity index is 1.52. The van der Waals surface area contributed by atoms with Gasteiger partial charge in [-0.05, 0) is 79.3 Å². The zero-order valence-corrected chi connectivity index (χ0v) is 18.4. The minimum atomic E-state index is 0.0485. The number of carbonyl (C=O) groups is 1. The number of aryl methyl sites for hydroxylation is 1. The van der Waals surface area contributed by atoms with Gasteiger partial charge in [-0.1, -0.05) is 25.1 Å². The van der Waals surface area contributed by atoms with E-state index in [4.69, 9.17) is 4.74 Å². The van der Waals surface area contributed by atoms with E-state index in [1.807, 2.05) is 42.5 Å². The molecule has 3 aliphatic rings. The highest BCUT2D eigenvalue weighted by molar-refractivity contribution is 6.21. The van der Waals surface area contributed by atoms with Crippen LogP contribution in [0.15, 0.2) is 54.4 Å². The number of carbonyl (C=O) groups excluding carboxylic acids is 1. The number of nitrogens with zero attached hydrogens (tertiary/aromatic N) is 2. The van der Waals surface area contributed by atoms with Crippen LogP contribution in [0.2, 0.25) is 0 Å². The Morgan fingerprint density at radius 2 is 1.72 bits per heavy atom. The van der Waals surface area contributed by atoms with Crippen LogP contribution >= 0.6 is 0 Å². The first-order chi connectivity index (χ1) is 15.6. The van der Waals surface area contributed by atoms with Crippen molar-refractivity contribution in [1.82, 2.24) is 9.97 Å². The summed E-state index contributed by atoms with van der Waals surface area (Å²) in [5, 5.41) is 11.1. The van der Waals surface area contributed by atoms with Crippen LogP contribution in [-0.4, -0.2) is 20.9 Å². The molecule has 0 radical (unpaired) electrons. The number of rotatable bonds is 4. The maximum Gasteiger partial charge on any atom is 0.238 e. The van der Waals surface area contributed by atoms with Crippen molar-refractivity contribution >= 4 is 22.4 Å². The van der Waals surface area contributed by atoms with E-state index in [1.165, 1.54) is 0 Å². The van der Waals surface area contributed by atoms with Gasteiger partial charge in [0.1, 0.15) is 11.5 Å². The predicted octanol–water partition coefficient (Wildman–Crippen LogP) is 6.42. The molecule has 3 aliphatic carbocycles. The zero-order valence-electron chi connectivity index (χ0n) is 18.4. The molecule has 2 aromatic carbocycles. The highest BCUT2D eigenvalue weighted by Gasteiger charge is 2.31. The molecule has 1 saturated carbocycles. The minimum absolute atomic E-state index is 0.0485. The van der Waals surface area contributed by atoms with Crippen molar-refractivity contribution in [3.05, 3.63) is 65.5 Å². The fourth-order valence-electron chi connectivity index (χ4n) is 5.12. The standard InChI is InChI=1S/C27H28N2O3/c1-2-19-11-12-20(32-26-16-28-22-5-3-4-6-23(22)29-26)15-21(19)27-24(30)13-17-7-8-18(10-9-17)14-25(27)31/h3-6,11-12,15-18,30H,2,7-10,13-14H2,1H3. The molecular weight excluding hydrogens is 400 g/mol. The first-order valence-corrected chi connectivity index (χ1v) is 11.6. The third kappa shape index (κ3) is 4.12. The summed E-state index contributed by atoms with van der Waals surface area (Å²) in [6, 6.07) is 13.4. The summed E-state index contributed by atoms with van der Waals surface area (Å²) in [4.78, 5) is 22.3. The molecule has 1 fully saturated rings. The predicted molar refractivity (Wildman–Crippen MR) is 125 cm³/mol. The van der Waals surface area contributed by atoms with E-state index < -0.39 is 0 Å². The van der Waals surface area contributed by atoms with E-state index in [0.29, 0.717) is 41.9 Å². The van der Waals surface area contributed by atoms with Gasteiger partial charge in [-0.3, -0.25) is 4.79 Å². The van der Waals surface area contributed by atoms with Gasteiger partial charge < -0.3 is 9.84 Å². The van der Waals surface area contributed by atoms with Gasteiger partial charge in [-0.25, -0.2) is 9.97 Å². The van der Waals surface area contributed by atoms with Crippen molar-refractivity contribution < 1.29 is 14.6 Å². The van der Waals surface area contributed by atoms with Crippen molar-refractivity contribution in [3.63, 3.8) is 0 Å². The number of allylic oxidation sites excluding steroid dienone is 2. The van der Waals surface area contributed by atoms with Crippen LogP contribution in [0.1, 0.15) is 56.6 Å². The van der Waals surface area contributed by atoms with Crippen LogP contribution in [0.3, 0.4) is 0 Å². The van der Waals surface area contributed by atoms with Gasteiger partial charge >= 0.3 is 0 Å². The molecule has 1 heterocycles.